The molecule has 1 aromatic heterocycles. The Morgan fingerprint density at radius 3 is 2.66 bits per heavy atom. The van der Waals surface area contributed by atoms with E-state index >= 15 is 0 Å². The van der Waals surface area contributed by atoms with Gasteiger partial charge >= 0.3 is 6.03 Å². The van der Waals surface area contributed by atoms with Crippen LogP contribution in [0.5, 0.6) is 0 Å². The van der Waals surface area contributed by atoms with Crippen molar-refractivity contribution in [2.45, 2.75) is 18.9 Å². The molecule has 0 aliphatic carbocycles. The first kappa shape index (κ1) is 20.1. The molecule has 0 radical (unpaired) electrons. The quantitative estimate of drug-likeness (QED) is 0.516. The number of aromatic nitrogens is 1. The van der Waals surface area contributed by atoms with E-state index in [1.807, 2.05) is 24.3 Å². The van der Waals surface area contributed by atoms with E-state index in [4.69, 9.17) is 23.2 Å². The van der Waals surface area contributed by atoms with Crippen molar-refractivity contribution < 1.29 is 4.79 Å². The Kier molecular flexibility index (Phi) is 6.04. The van der Waals surface area contributed by atoms with Gasteiger partial charge in [0.05, 0.1) is 16.2 Å². The number of halogens is 2. The maximum absolute atomic E-state index is 12.5. The molecule has 0 bridgehead atoms. The summed E-state index contributed by atoms with van der Waals surface area (Å²) < 4.78 is 1.29. The van der Waals surface area contributed by atoms with Crippen LogP contribution in [0.15, 0.2) is 54.7 Å². The van der Waals surface area contributed by atoms with Crippen molar-refractivity contribution in [2.24, 2.45) is 0 Å². The van der Waals surface area contributed by atoms with Gasteiger partial charge in [-0.3, -0.25) is 4.98 Å². The van der Waals surface area contributed by atoms with Gasteiger partial charge in [-0.2, -0.15) is 0 Å². The second kappa shape index (κ2) is 8.69. The van der Waals surface area contributed by atoms with E-state index in [-0.39, 0.29) is 12.1 Å². The number of amides is 2. The van der Waals surface area contributed by atoms with Crippen LogP contribution in [0.2, 0.25) is 10.0 Å². The summed E-state index contributed by atoms with van der Waals surface area (Å²) in [5.41, 5.74) is 2.57. The van der Waals surface area contributed by atoms with Gasteiger partial charge in [0.25, 0.3) is 0 Å². The smallest absolute Gasteiger partial charge is 0.332 e. The van der Waals surface area contributed by atoms with E-state index in [0.29, 0.717) is 15.7 Å². The lowest BCUT2D eigenvalue weighted by atomic mass is 10.0. The van der Waals surface area contributed by atoms with Crippen molar-refractivity contribution in [3.63, 3.8) is 0 Å². The number of benzene rings is 2. The van der Waals surface area contributed by atoms with Crippen molar-refractivity contribution in [2.75, 3.05) is 22.3 Å². The van der Waals surface area contributed by atoms with Gasteiger partial charge in [0.15, 0.2) is 0 Å². The molecule has 0 atom stereocenters. The van der Waals surface area contributed by atoms with Crippen LogP contribution in [0.25, 0.3) is 10.9 Å². The van der Waals surface area contributed by atoms with Crippen molar-refractivity contribution >= 4 is 64.3 Å². The zero-order valence-corrected chi connectivity index (χ0v) is 18.0. The normalized spacial score (nSPS) is 14.8. The predicted octanol–water partition coefficient (Wildman–Crippen LogP) is 5.57. The van der Waals surface area contributed by atoms with Crippen molar-refractivity contribution in [3.05, 3.63) is 64.8 Å². The molecule has 0 unspecified atom stereocenters. The van der Waals surface area contributed by atoms with Crippen molar-refractivity contribution in [1.82, 2.24) is 10.3 Å². The first-order valence-corrected chi connectivity index (χ1v) is 10.5. The number of hydrogen-bond donors (Lipinski definition) is 2. The number of carbonyl (C=O) groups is 1. The fourth-order valence-electron chi connectivity index (χ4n) is 3.63. The second-order valence-electron chi connectivity index (χ2n) is 6.97. The molecule has 2 heterocycles. The molecular formula is C21H20Cl2N4OS. The molecule has 5 nitrogen and oxygen atoms in total. The van der Waals surface area contributed by atoms with Gasteiger partial charge in [0.1, 0.15) is 0 Å². The fraction of sp³-hybridized carbons (Fsp3) is 0.238. The molecule has 1 aliphatic rings. The Labute approximate surface area is 185 Å². The molecule has 150 valence electrons. The third-order valence-corrected chi connectivity index (χ3v) is 6.06. The predicted molar refractivity (Wildman–Crippen MR) is 123 cm³/mol. The maximum Gasteiger partial charge on any atom is 0.332 e. The summed E-state index contributed by atoms with van der Waals surface area (Å²) in [4.78, 5) is 19.3. The van der Waals surface area contributed by atoms with Crippen LogP contribution >= 0.6 is 36.0 Å². The number of carbonyl (C=O) groups excluding carboxylic acids is 1. The molecular weight excluding hydrogens is 427 g/mol. The monoisotopic (exact) mass is 446 g/mol. The number of piperidine rings is 1. The van der Waals surface area contributed by atoms with Crippen LogP contribution in [0.3, 0.4) is 0 Å². The van der Waals surface area contributed by atoms with Crippen LogP contribution in [0.4, 0.5) is 16.2 Å². The fourth-order valence-corrected chi connectivity index (χ4v) is 4.22. The van der Waals surface area contributed by atoms with Gasteiger partial charge in [-0.1, -0.05) is 54.2 Å². The molecule has 4 rings (SSSR count). The molecule has 29 heavy (non-hydrogen) atoms. The molecule has 1 N–H and O–H groups in total. The highest BCUT2D eigenvalue weighted by atomic mass is 35.5. The maximum atomic E-state index is 12.5. The van der Waals surface area contributed by atoms with Crippen LogP contribution in [-0.4, -0.2) is 30.1 Å². The first-order valence-electron chi connectivity index (χ1n) is 9.36. The van der Waals surface area contributed by atoms with Crippen LogP contribution in [-0.2, 0) is 0 Å². The molecule has 0 spiro atoms. The molecule has 1 aliphatic heterocycles. The Balaban J connectivity index is 1.40. The minimum atomic E-state index is -0.254. The Hall–Kier alpha value is -2.15. The summed E-state index contributed by atoms with van der Waals surface area (Å²) >= 11 is 16.6. The van der Waals surface area contributed by atoms with Gasteiger partial charge in [0, 0.05) is 41.4 Å². The van der Waals surface area contributed by atoms with E-state index in [2.05, 4.69) is 28.0 Å². The van der Waals surface area contributed by atoms with Crippen LogP contribution < -0.4 is 14.5 Å². The summed E-state index contributed by atoms with van der Waals surface area (Å²) in [5.74, 6) is 0. The van der Waals surface area contributed by atoms with E-state index < -0.39 is 0 Å². The number of hydrogen-bond acceptors (Lipinski definition) is 4. The molecule has 2 aromatic carbocycles. The van der Waals surface area contributed by atoms with Crippen LogP contribution in [0, 0.1) is 0 Å². The van der Waals surface area contributed by atoms with E-state index in [9.17, 15) is 4.79 Å². The molecule has 1 saturated heterocycles. The number of thiol groups is 1. The van der Waals surface area contributed by atoms with Gasteiger partial charge in [-0.15, -0.1) is 0 Å². The summed E-state index contributed by atoms with van der Waals surface area (Å²) in [6.07, 6.45) is 3.47. The molecule has 0 saturated carbocycles. The summed E-state index contributed by atoms with van der Waals surface area (Å²) in [6, 6.07) is 14.7. The zero-order valence-electron chi connectivity index (χ0n) is 15.6. The molecule has 3 aromatic rings. The minimum absolute atomic E-state index is 0.0873. The Bertz CT molecular complexity index is 1040. The van der Waals surface area contributed by atoms with E-state index in [1.165, 1.54) is 4.31 Å². The van der Waals surface area contributed by atoms with E-state index in [0.717, 1.165) is 42.5 Å². The number of para-hydroxylation sites is 1. The molecule has 2 amide bonds. The number of nitrogens with one attached hydrogen (secondary N) is 1. The molecule has 1 fully saturated rings. The lowest BCUT2D eigenvalue weighted by Gasteiger charge is -2.35. The van der Waals surface area contributed by atoms with Crippen molar-refractivity contribution in [3.8, 4) is 0 Å². The van der Waals surface area contributed by atoms with E-state index in [1.54, 1.807) is 30.5 Å². The van der Waals surface area contributed by atoms with Gasteiger partial charge in [-0.25, -0.2) is 9.10 Å². The third-order valence-electron chi connectivity index (χ3n) is 5.11. The Morgan fingerprint density at radius 2 is 1.90 bits per heavy atom. The number of rotatable bonds is 3. The number of fused-ring (bicyclic) bond motifs is 1. The average Bonchev–Trinajstić information content (AvgIpc) is 2.74. The number of urea groups is 1. The summed E-state index contributed by atoms with van der Waals surface area (Å²) in [6.45, 7) is 1.67. The highest BCUT2D eigenvalue weighted by Gasteiger charge is 2.24. The molecule has 8 heteroatoms. The van der Waals surface area contributed by atoms with Crippen LogP contribution in [0.1, 0.15) is 12.8 Å². The summed E-state index contributed by atoms with van der Waals surface area (Å²) in [5, 5.41) is 5.32. The zero-order chi connectivity index (χ0) is 20.4. The van der Waals surface area contributed by atoms with Gasteiger partial charge < -0.3 is 10.2 Å². The lowest BCUT2D eigenvalue weighted by molar-refractivity contribution is 0.243. The number of pyridine rings is 1. The first-order chi connectivity index (χ1) is 14.0. The summed E-state index contributed by atoms with van der Waals surface area (Å²) in [7, 11) is 0. The van der Waals surface area contributed by atoms with Gasteiger partial charge in [-0.05, 0) is 43.2 Å². The van der Waals surface area contributed by atoms with Crippen molar-refractivity contribution in [1.29, 1.82) is 0 Å². The largest absolute Gasteiger partial charge is 0.371 e. The minimum Gasteiger partial charge on any atom is -0.371 e. The third kappa shape index (κ3) is 4.39. The second-order valence-corrected chi connectivity index (χ2v) is 8.21. The lowest BCUT2D eigenvalue weighted by Crippen LogP contribution is -2.47. The average molecular weight is 447 g/mol. The Morgan fingerprint density at radius 1 is 1.14 bits per heavy atom. The topological polar surface area (TPSA) is 48.5 Å². The standard InChI is InChI=1S/C21H20Cl2N4OS/c22-14-3-1-4-16(13-14)27(29)21(28)25-15-8-11-26(12-9-15)19-7-10-24-20-17(19)5-2-6-18(20)23/h1-7,10,13,15,29H,8-9,11-12H2,(H,25,28). The number of nitrogens with zero attached hydrogens (tertiary/aromatic N) is 3. The highest BCUT2D eigenvalue weighted by Crippen LogP contribution is 2.31. The van der Waals surface area contributed by atoms with Gasteiger partial charge in [0.2, 0.25) is 0 Å². The highest BCUT2D eigenvalue weighted by molar-refractivity contribution is 7.82. The SMILES string of the molecule is O=C(NC1CCN(c2ccnc3c(Cl)cccc23)CC1)N(S)c1cccc(Cl)c1. The number of anilines is 2.